The third-order valence-electron chi connectivity index (χ3n) is 3.50. The molecule has 0 saturated carbocycles. The Labute approximate surface area is 107 Å². The van der Waals surface area contributed by atoms with Gasteiger partial charge in [0, 0.05) is 0 Å². The molecule has 1 unspecified atom stereocenters. The number of thiol groups is 1. The fourth-order valence-electron chi connectivity index (χ4n) is 2.36. The van der Waals surface area contributed by atoms with Gasteiger partial charge in [0.1, 0.15) is 0 Å². The summed E-state index contributed by atoms with van der Waals surface area (Å²) >= 11 is 6.25. The molecule has 1 aliphatic rings. The van der Waals surface area contributed by atoms with Gasteiger partial charge in [-0.3, -0.25) is 0 Å². The molecule has 0 aromatic carbocycles. The van der Waals surface area contributed by atoms with E-state index in [1.165, 1.54) is 50.8 Å². The summed E-state index contributed by atoms with van der Waals surface area (Å²) in [5.74, 6) is 0. The Kier molecular flexibility index (Phi) is 5.52. The van der Waals surface area contributed by atoms with E-state index < -0.39 is 4.49 Å². The molecular formula is C12H27PSSe. The van der Waals surface area contributed by atoms with Crippen molar-refractivity contribution in [2.75, 3.05) is 12.3 Å². The molecule has 0 aromatic rings. The summed E-state index contributed by atoms with van der Waals surface area (Å²) in [6.45, 7) is 6.98. The van der Waals surface area contributed by atoms with Gasteiger partial charge >= 0.3 is 107 Å². The Hall–Kier alpha value is 1.30. The maximum atomic E-state index is 5.31. The Morgan fingerprint density at radius 3 is 1.93 bits per heavy atom. The molecule has 92 valence electrons. The number of unbranched alkanes of at least 4 members (excludes halogenated alkanes) is 2. The van der Waals surface area contributed by atoms with Crippen LogP contribution in [-0.4, -0.2) is 31.4 Å². The van der Waals surface area contributed by atoms with E-state index in [4.69, 9.17) is 12.2 Å². The quantitative estimate of drug-likeness (QED) is 0.373. The van der Waals surface area contributed by atoms with Gasteiger partial charge in [-0.25, -0.2) is 0 Å². The molecule has 0 nitrogen and oxygen atoms in total. The number of hydrogen-bond acceptors (Lipinski definition) is 1. The zero-order chi connectivity index (χ0) is 11.4. The van der Waals surface area contributed by atoms with Gasteiger partial charge in [-0.15, -0.1) is 0 Å². The number of hydrogen-bond donors (Lipinski definition) is 1. The second kappa shape index (κ2) is 5.76. The molecule has 15 heavy (non-hydrogen) atoms. The second-order valence-corrected chi connectivity index (χ2v) is 23.4. The van der Waals surface area contributed by atoms with Crippen LogP contribution in [0.3, 0.4) is 0 Å². The van der Waals surface area contributed by atoms with Gasteiger partial charge in [0.15, 0.2) is 0 Å². The van der Waals surface area contributed by atoms with E-state index in [-0.39, 0.29) is 0 Å². The van der Waals surface area contributed by atoms with Crippen LogP contribution in [0.5, 0.6) is 0 Å². The van der Waals surface area contributed by atoms with E-state index in [1.807, 2.05) is 0 Å². The Bertz CT molecular complexity index is 200. The van der Waals surface area contributed by atoms with Crippen LogP contribution in [-0.2, 0) is 0 Å². The minimum absolute atomic E-state index is 0.940. The first kappa shape index (κ1) is 14.4. The van der Waals surface area contributed by atoms with Crippen LogP contribution in [0.2, 0.25) is 0 Å². The third-order valence-corrected chi connectivity index (χ3v) is 23.8. The fraction of sp³-hybridized carbons (Fsp3) is 1.00. The molecule has 0 amide bonds. The predicted octanol–water partition coefficient (Wildman–Crippen LogP) is 4.74. The molecule has 1 fully saturated rings. The SMILES string of the molecule is CCCCP1(S)(CCCC)[Se]C1CCC. The average Bonchev–Trinajstić information content (AvgIpc) is 2.82. The van der Waals surface area contributed by atoms with Crippen molar-refractivity contribution < 1.29 is 0 Å². The zero-order valence-electron chi connectivity index (χ0n) is 10.5. The molecular weight excluding hydrogens is 286 g/mol. The van der Waals surface area contributed by atoms with E-state index in [9.17, 15) is 0 Å². The number of rotatable bonds is 8. The molecule has 1 saturated heterocycles. The zero-order valence-corrected chi connectivity index (χ0v) is 14.0. The standard InChI is InChI=1S/C12H27PSSe/c1-4-7-10-13(14,11-8-5-2)12(15-13)9-6-3/h12,14H,4-11H2,1-3H3. The summed E-state index contributed by atoms with van der Waals surface area (Å²) in [6, 6.07) is 0. The molecule has 0 bridgehead atoms. The van der Waals surface area contributed by atoms with Crippen LogP contribution in [0.4, 0.5) is 0 Å². The van der Waals surface area contributed by atoms with Crippen LogP contribution in [0.1, 0.15) is 59.3 Å². The second-order valence-electron chi connectivity index (χ2n) is 4.94. The van der Waals surface area contributed by atoms with Crippen LogP contribution >= 0.6 is 16.7 Å². The molecule has 1 atom stereocenters. The van der Waals surface area contributed by atoms with E-state index in [2.05, 4.69) is 20.8 Å². The van der Waals surface area contributed by atoms with Crippen LogP contribution in [0, 0.1) is 0 Å². The van der Waals surface area contributed by atoms with Gasteiger partial charge < -0.3 is 0 Å². The Balaban J connectivity index is 2.53. The molecule has 1 rings (SSSR count). The van der Waals surface area contributed by atoms with Gasteiger partial charge in [0.25, 0.3) is 0 Å². The molecule has 0 N–H and O–H groups in total. The predicted molar refractivity (Wildman–Crippen MR) is 79.9 cm³/mol. The summed E-state index contributed by atoms with van der Waals surface area (Å²) in [6.07, 6.45) is 11.5. The van der Waals surface area contributed by atoms with Crippen molar-refractivity contribution in [2.45, 2.75) is 63.9 Å². The average molecular weight is 313 g/mol. The minimum atomic E-state index is -1.36. The van der Waals surface area contributed by atoms with Gasteiger partial charge in [-0.2, -0.15) is 0 Å². The van der Waals surface area contributed by atoms with Gasteiger partial charge in [0.2, 0.25) is 0 Å². The molecule has 3 heteroatoms. The van der Waals surface area contributed by atoms with Crippen molar-refractivity contribution in [1.82, 2.24) is 0 Å². The summed E-state index contributed by atoms with van der Waals surface area (Å²) in [4.78, 5) is 0. The van der Waals surface area contributed by atoms with E-state index >= 15 is 0 Å². The maximum absolute atomic E-state index is 5.31. The van der Waals surface area contributed by atoms with Crippen LogP contribution < -0.4 is 0 Å². The Morgan fingerprint density at radius 1 is 1.00 bits per heavy atom. The van der Waals surface area contributed by atoms with Crippen LogP contribution in [0.15, 0.2) is 0 Å². The third kappa shape index (κ3) is 3.38. The summed E-state index contributed by atoms with van der Waals surface area (Å²) in [5.41, 5.74) is 0. The summed E-state index contributed by atoms with van der Waals surface area (Å²) in [5, 5.41) is 0. The molecule has 0 radical (unpaired) electrons. The van der Waals surface area contributed by atoms with Gasteiger partial charge in [-0.05, 0) is 0 Å². The van der Waals surface area contributed by atoms with Crippen LogP contribution in [0.25, 0.3) is 0 Å². The van der Waals surface area contributed by atoms with Crippen molar-refractivity contribution in [3.63, 3.8) is 0 Å². The molecule has 1 aliphatic heterocycles. The monoisotopic (exact) mass is 314 g/mol. The molecule has 0 aliphatic carbocycles. The van der Waals surface area contributed by atoms with Crippen molar-refractivity contribution in [3.8, 4) is 0 Å². The van der Waals surface area contributed by atoms with E-state index in [1.54, 1.807) is 0 Å². The normalized spacial score (nSPS) is 29.3. The van der Waals surface area contributed by atoms with E-state index in [0.717, 1.165) is 19.1 Å². The van der Waals surface area contributed by atoms with E-state index in [0.29, 0.717) is 0 Å². The molecule has 1 heterocycles. The summed E-state index contributed by atoms with van der Waals surface area (Å²) < 4.78 is -0.253. The first-order valence-corrected chi connectivity index (χ1v) is 13.6. The van der Waals surface area contributed by atoms with Crippen molar-refractivity contribution in [3.05, 3.63) is 0 Å². The summed E-state index contributed by atoms with van der Waals surface area (Å²) in [7, 11) is 0. The van der Waals surface area contributed by atoms with Crippen molar-refractivity contribution >= 4 is 31.3 Å². The fourth-order valence-corrected chi connectivity index (χ4v) is 23.3. The Morgan fingerprint density at radius 2 is 1.53 bits per heavy atom. The first-order valence-electron chi connectivity index (χ1n) is 6.54. The topological polar surface area (TPSA) is 0 Å². The molecule has 0 spiro atoms. The van der Waals surface area contributed by atoms with Gasteiger partial charge in [-0.1, -0.05) is 0 Å². The van der Waals surface area contributed by atoms with Gasteiger partial charge in [0.05, 0.1) is 0 Å². The first-order chi connectivity index (χ1) is 7.09. The van der Waals surface area contributed by atoms with Crippen molar-refractivity contribution in [1.29, 1.82) is 0 Å². The van der Waals surface area contributed by atoms with Crippen molar-refractivity contribution in [2.24, 2.45) is 0 Å². The molecule has 0 aromatic heterocycles.